The van der Waals surface area contributed by atoms with Crippen molar-refractivity contribution in [2.24, 2.45) is 0 Å². The number of hydrogen-bond acceptors (Lipinski definition) is 2. The Labute approximate surface area is 81.5 Å². The molecule has 0 unspecified atom stereocenters. The molecule has 0 aliphatic heterocycles. The third-order valence-electron chi connectivity index (χ3n) is 0.775. The first-order chi connectivity index (χ1) is 6.56. The first-order valence-electron chi connectivity index (χ1n) is 3.48. The van der Waals surface area contributed by atoms with Crippen LogP contribution in [-0.2, 0) is 9.53 Å². The lowest BCUT2D eigenvalue weighted by Gasteiger charge is -2.08. The number of rotatable bonds is 2. The Morgan fingerprint density at radius 3 is 1.60 bits per heavy atom. The molecule has 0 radical (unpaired) electrons. The summed E-state index contributed by atoms with van der Waals surface area (Å²) < 4.78 is 67.1. The number of alkyl halides is 6. The third kappa shape index (κ3) is 9.10. The van der Waals surface area contributed by atoms with Crippen LogP contribution in [0.15, 0.2) is 12.7 Å². The van der Waals surface area contributed by atoms with E-state index in [1.165, 1.54) is 0 Å². The summed E-state index contributed by atoms with van der Waals surface area (Å²) in [5, 5.41) is 0. The van der Waals surface area contributed by atoms with E-state index < -0.39 is 12.4 Å². The van der Waals surface area contributed by atoms with E-state index in [9.17, 15) is 31.1 Å². The predicted molar refractivity (Wildman–Crippen MR) is 38.9 cm³/mol. The standard InChI is InChI=1S/C5H8O2.C2F6/c1-3-5(6)7-4-2;3-1(4,5)2(6,7)8/h3H,1,4H2,2H3;. The normalized spacial score (nSPS) is 11.1. The van der Waals surface area contributed by atoms with Crippen LogP contribution in [0.2, 0.25) is 0 Å². The van der Waals surface area contributed by atoms with E-state index in [2.05, 4.69) is 11.3 Å². The molecule has 0 heterocycles. The summed E-state index contributed by atoms with van der Waals surface area (Å²) in [7, 11) is 0. The van der Waals surface area contributed by atoms with Crippen LogP contribution in [0.25, 0.3) is 0 Å². The second-order valence-electron chi connectivity index (χ2n) is 1.95. The smallest absolute Gasteiger partial charge is 0.463 e. The van der Waals surface area contributed by atoms with Crippen LogP contribution in [0.5, 0.6) is 0 Å². The van der Waals surface area contributed by atoms with Gasteiger partial charge in [-0.05, 0) is 6.92 Å². The monoisotopic (exact) mass is 238 g/mol. The summed E-state index contributed by atoms with van der Waals surface area (Å²) in [4.78, 5) is 10.1. The van der Waals surface area contributed by atoms with Gasteiger partial charge in [-0.25, -0.2) is 4.79 Å². The highest BCUT2D eigenvalue weighted by Crippen LogP contribution is 2.35. The molecule has 8 heteroatoms. The highest BCUT2D eigenvalue weighted by molar-refractivity contribution is 5.81. The molecule has 0 atom stereocenters. The second kappa shape index (κ2) is 6.31. The zero-order valence-corrected chi connectivity index (χ0v) is 7.58. The fourth-order valence-electron chi connectivity index (χ4n) is 0.201. The lowest BCUT2D eigenvalue weighted by Crippen LogP contribution is -2.30. The molecule has 0 aliphatic rings. The molecule has 0 aliphatic carbocycles. The van der Waals surface area contributed by atoms with Crippen molar-refractivity contribution < 1.29 is 35.9 Å². The molecule has 0 N–H and O–H groups in total. The summed E-state index contributed by atoms with van der Waals surface area (Å²) in [5.41, 5.74) is 0. The van der Waals surface area contributed by atoms with Crippen LogP contribution < -0.4 is 0 Å². The van der Waals surface area contributed by atoms with Crippen molar-refractivity contribution in [3.63, 3.8) is 0 Å². The van der Waals surface area contributed by atoms with Gasteiger partial charge in [0, 0.05) is 6.08 Å². The van der Waals surface area contributed by atoms with Gasteiger partial charge in [0.1, 0.15) is 0 Å². The second-order valence-corrected chi connectivity index (χ2v) is 1.95. The van der Waals surface area contributed by atoms with Crippen LogP contribution in [0.3, 0.4) is 0 Å². The Balaban J connectivity index is 0. The number of ether oxygens (including phenoxy) is 1. The molecule has 0 saturated heterocycles. The van der Waals surface area contributed by atoms with Crippen LogP contribution in [0.1, 0.15) is 6.92 Å². The lowest BCUT2D eigenvalue weighted by atomic mass is 10.6. The van der Waals surface area contributed by atoms with Gasteiger partial charge in [-0.2, -0.15) is 26.3 Å². The highest BCUT2D eigenvalue weighted by Gasteiger charge is 2.58. The molecule has 0 amide bonds. The quantitative estimate of drug-likeness (QED) is 0.420. The molecule has 0 rings (SSSR count). The summed E-state index contributed by atoms with van der Waals surface area (Å²) in [6.07, 6.45) is -11.0. The Kier molecular flexibility index (Phi) is 6.82. The van der Waals surface area contributed by atoms with Crippen LogP contribution in [-0.4, -0.2) is 24.9 Å². The third-order valence-corrected chi connectivity index (χ3v) is 0.775. The van der Waals surface area contributed by atoms with E-state index in [1.807, 2.05) is 0 Å². The number of carbonyl (C=O) groups excluding carboxylic acids is 1. The average molecular weight is 238 g/mol. The summed E-state index contributed by atoms with van der Waals surface area (Å²) in [6, 6.07) is 0. The molecule has 2 nitrogen and oxygen atoms in total. The van der Waals surface area contributed by atoms with Crippen molar-refractivity contribution in [2.75, 3.05) is 6.61 Å². The summed E-state index contributed by atoms with van der Waals surface area (Å²) in [6.45, 7) is 5.38. The van der Waals surface area contributed by atoms with Gasteiger partial charge >= 0.3 is 18.3 Å². The van der Waals surface area contributed by atoms with E-state index in [1.54, 1.807) is 6.92 Å². The minimum Gasteiger partial charge on any atom is -0.463 e. The Hall–Kier alpha value is -1.21. The van der Waals surface area contributed by atoms with Gasteiger partial charge in [-0.3, -0.25) is 0 Å². The zero-order valence-electron chi connectivity index (χ0n) is 7.58. The SMILES string of the molecule is C=CC(=O)OCC.FC(F)(F)C(F)(F)F. The van der Waals surface area contributed by atoms with E-state index in [-0.39, 0.29) is 5.97 Å². The van der Waals surface area contributed by atoms with Gasteiger partial charge in [0.15, 0.2) is 0 Å². The molecule has 15 heavy (non-hydrogen) atoms. The van der Waals surface area contributed by atoms with Gasteiger partial charge in [-0.15, -0.1) is 0 Å². The van der Waals surface area contributed by atoms with Gasteiger partial charge in [-0.1, -0.05) is 6.58 Å². The number of halogens is 6. The van der Waals surface area contributed by atoms with E-state index in [0.717, 1.165) is 6.08 Å². The Morgan fingerprint density at radius 1 is 1.20 bits per heavy atom. The summed E-state index contributed by atoms with van der Waals surface area (Å²) >= 11 is 0. The predicted octanol–water partition coefficient (Wildman–Crippen LogP) is 2.85. The number of esters is 1. The maximum Gasteiger partial charge on any atom is 0.487 e. The Morgan fingerprint density at radius 2 is 1.53 bits per heavy atom. The van der Waals surface area contributed by atoms with Crippen molar-refractivity contribution >= 4 is 5.97 Å². The number of hydrogen-bond donors (Lipinski definition) is 0. The van der Waals surface area contributed by atoms with Crippen LogP contribution in [0, 0.1) is 0 Å². The number of carbonyl (C=O) groups is 1. The molecule has 90 valence electrons. The van der Waals surface area contributed by atoms with Crippen molar-refractivity contribution in [3.05, 3.63) is 12.7 Å². The average Bonchev–Trinajstić information content (AvgIpc) is 2.02. The molecule has 0 bridgehead atoms. The molecular formula is C7H8F6O2. The van der Waals surface area contributed by atoms with Crippen molar-refractivity contribution in [1.29, 1.82) is 0 Å². The van der Waals surface area contributed by atoms with Gasteiger partial charge < -0.3 is 4.74 Å². The van der Waals surface area contributed by atoms with Gasteiger partial charge in [0.2, 0.25) is 0 Å². The topological polar surface area (TPSA) is 26.3 Å². The van der Waals surface area contributed by atoms with Gasteiger partial charge in [0.05, 0.1) is 6.61 Å². The largest absolute Gasteiger partial charge is 0.487 e. The van der Waals surface area contributed by atoms with E-state index >= 15 is 0 Å². The molecule has 0 aromatic carbocycles. The minimum absolute atomic E-state index is 0.359. The van der Waals surface area contributed by atoms with Crippen LogP contribution >= 0.6 is 0 Å². The van der Waals surface area contributed by atoms with Crippen molar-refractivity contribution in [2.45, 2.75) is 19.3 Å². The van der Waals surface area contributed by atoms with Crippen LogP contribution in [0.4, 0.5) is 26.3 Å². The van der Waals surface area contributed by atoms with Gasteiger partial charge in [0.25, 0.3) is 0 Å². The fourth-order valence-corrected chi connectivity index (χ4v) is 0.201. The zero-order chi connectivity index (χ0) is 12.7. The van der Waals surface area contributed by atoms with E-state index in [0.29, 0.717) is 6.61 Å². The first kappa shape index (κ1) is 16.2. The molecule has 0 aromatic heterocycles. The first-order valence-corrected chi connectivity index (χ1v) is 3.48. The van der Waals surface area contributed by atoms with Crippen molar-refractivity contribution in [1.82, 2.24) is 0 Å². The molecule has 0 saturated carbocycles. The Bertz CT molecular complexity index is 193. The molecule has 0 spiro atoms. The summed E-state index contributed by atoms with van der Waals surface area (Å²) in [5.74, 6) is -0.359. The maximum absolute atomic E-state index is 10.4. The lowest BCUT2D eigenvalue weighted by molar-refractivity contribution is -0.339. The highest BCUT2D eigenvalue weighted by atomic mass is 19.5. The fraction of sp³-hybridized carbons (Fsp3) is 0.571. The molecule has 0 fully saturated rings. The maximum atomic E-state index is 10.4. The molecule has 0 aromatic rings. The molecular weight excluding hydrogens is 230 g/mol. The van der Waals surface area contributed by atoms with E-state index in [4.69, 9.17) is 0 Å². The van der Waals surface area contributed by atoms with Crippen molar-refractivity contribution in [3.8, 4) is 0 Å². The minimum atomic E-state index is -6.06.